The lowest BCUT2D eigenvalue weighted by Crippen LogP contribution is -2.49. The van der Waals surface area contributed by atoms with Crippen molar-refractivity contribution in [3.05, 3.63) is 65.5 Å². The minimum absolute atomic E-state index is 0.154. The van der Waals surface area contributed by atoms with E-state index in [0.717, 1.165) is 56.1 Å². The molecule has 1 aliphatic heterocycles. The van der Waals surface area contributed by atoms with Gasteiger partial charge in [0.15, 0.2) is 0 Å². The van der Waals surface area contributed by atoms with Gasteiger partial charge in [-0.15, -0.1) is 0 Å². The molecule has 1 fully saturated rings. The number of hydrogen-bond acceptors (Lipinski definition) is 4. The van der Waals surface area contributed by atoms with Crippen LogP contribution in [0.15, 0.2) is 48.7 Å². The molecule has 1 saturated heterocycles. The van der Waals surface area contributed by atoms with Crippen LogP contribution in [-0.2, 0) is 6.18 Å². The van der Waals surface area contributed by atoms with Gasteiger partial charge >= 0.3 is 6.18 Å². The number of pyridine rings is 1. The maximum atomic E-state index is 12.9. The highest BCUT2D eigenvalue weighted by Crippen LogP contribution is 2.33. The van der Waals surface area contributed by atoms with E-state index in [-0.39, 0.29) is 6.04 Å². The minimum atomic E-state index is -4.33. The van der Waals surface area contributed by atoms with Crippen LogP contribution in [-0.4, -0.2) is 54.1 Å². The number of rotatable bonds is 5. The SMILES string of the molecule is NCCN1CCN([C@H](c2ccc(C(F)(F)F)cc2)c2ccccn2)CC1. The first-order valence-corrected chi connectivity index (χ1v) is 8.73. The molecule has 1 aromatic carbocycles. The van der Waals surface area contributed by atoms with Gasteiger partial charge in [0, 0.05) is 45.5 Å². The normalized spacial score (nSPS) is 18.0. The van der Waals surface area contributed by atoms with E-state index in [9.17, 15) is 13.2 Å². The molecular weight excluding hydrogens is 341 g/mol. The summed E-state index contributed by atoms with van der Waals surface area (Å²) in [4.78, 5) is 9.04. The Morgan fingerprint density at radius 1 is 1.00 bits per heavy atom. The summed E-state index contributed by atoms with van der Waals surface area (Å²) in [6.45, 7) is 4.91. The predicted octanol–water partition coefficient (Wildman–Crippen LogP) is 2.77. The van der Waals surface area contributed by atoms with Crippen molar-refractivity contribution < 1.29 is 13.2 Å². The Labute approximate surface area is 151 Å². The maximum absolute atomic E-state index is 12.9. The Morgan fingerprint density at radius 3 is 2.23 bits per heavy atom. The van der Waals surface area contributed by atoms with Crippen LogP contribution in [0.2, 0.25) is 0 Å². The largest absolute Gasteiger partial charge is 0.416 e. The summed E-state index contributed by atoms with van der Waals surface area (Å²) in [5.41, 5.74) is 6.67. The topological polar surface area (TPSA) is 45.4 Å². The molecule has 26 heavy (non-hydrogen) atoms. The lowest BCUT2D eigenvalue weighted by molar-refractivity contribution is -0.137. The Bertz CT molecular complexity index is 680. The van der Waals surface area contributed by atoms with E-state index in [2.05, 4.69) is 14.8 Å². The molecule has 2 heterocycles. The summed E-state index contributed by atoms with van der Waals surface area (Å²) in [5, 5.41) is 0. The van der Waals surface area contributed by atoms with Gasteiger partial charge in [-0.1, -0.05) is 18.2 Å². The summed E-state index contributed by atoms with van der Waals surface area (Å²) >= 11 is 0. The number of halogens is 3. The smallest absolute Gasteiger partial charge is 0.329 e. The second-order valence-electron chi connectivity index (χ2n) is 6.44. The van der Waals surface area contributed by atoms with Gasteiger partial charge in [-0.25, -0.2) is 0 Å². The van der Waals surface area contributed by atoms with Crippen LogP contribution in [0.4, 0.5) is 13.2 Å². The van der Waals surface area contributed by atoms with Crippen molar-refractivity contribution in [1.82, 2.24) is 14.8 Å². The lowest BCUT2D eigenvalue weighted by atomic mass is 9.99. The first-order chi connectivity index (χ1) is 12.5. The first kappa shape index (κ1) is 18.8. The molecule has 1 aromatic heterocycles. The minimum Gasteiger partial charge on any atom is -0.329 e. The number of piperazine rings is 1. The van der Waals surface area contributed by atoms with Crippen molar-refractivity contribution >= 4 is 0 Å². The van der Waals surface area contributed by atoms with Crippen LogP contribution in [0.3, 0.4) is 0 Å². The molecule has 0 unspecified atom stereocenters. The van der Waals surface area contributed by atoms with Crippen LogP contribution in [0.1, 0.15) is 22.9 Å². The molecule has 2 aromatic rings. The van der Waals surface area contributed by atoms with Gasteiger partial charge < -0.3 is 5.73 Å². The number of nitrogens with zero attached hydrogens (tertiary/aromatic N) is 3. The van der Waals surface area contributed by atoms with Gasteiger partial charge in [-0.05, 0) is 29.8 Å². The third kappa shape index (κ3) is 4.41. The average Bonchev–Trinajstić information content (AvgIpc) is 2.64. The van der Waals surface area contributed by atoms with Crippen molar-refractivity contribution in [3.63, 3.8) is 0 Å². The quantitative estimate of drug-likeness (QED) is 0.886. The summed E-state index contributed by atoms with van der Waals surface area (Å²) in [6.07, 6.45) is -2.61. The van der Waals surface area contributed by atoms with Gasteiger partial charge in [0.2, 0.25) is 0 Å². The Morgan fingerprint density at radius 2 is 1.69 bits per heavy atom. The summed E-state index contributed by atoms with van der Waals surface area (Å²) in [5.74, 6) is 0. The molecule has 140 valence electrons. The van der Waals surface area contributed by atoms with Gasteiger partial charge in [-0.3, -0.25) is 14.8 Å². The number of nitrogens with two attached hydrogens (primary N) is 1. The van der Waals surface area contributed by atoms with Crippen molar-refractivity contribution in [2.24, 2.45) is 5.73 Å². The molecule has 0 bridgehead atoms. The predicted molar refractivity (Wildman–Crippen MR) is 94.6 cm³/mol. The number of benzene rings is 1. The zero-order valence-corrected chi connectivity index (χ0v) is 14.5. The van der Waals surface area contributed by atoms with Crippen molar-refractivity contribution in [2.75, 3.05) is 39.3 Å². The lowest BCUT2D eigenvalue weighted by Gasteiger charge is -2.39. The third-order valence-corrected chi connectivity index (χ3v) is 4.74. The zero-order chi connectivity index (χ0) is 18.6. The molecule has 2 N–H and O–H groups in total. The molecule has 0 saturated carbocycles. The molecule has 0 radical (unpaired) electrons. The summed E-state index contributed by atoms with van der Waals surface area (Å²) in [7, 11) is 0. The van der Waals surface area contributed by atoms with Crippen LogP contribution in [0.25, 0.3) is 0 Å². The Hall–Kier alpha value is -1.96. The van der Waals surface area contributed by atoms with Crippen LogP contribution in [0, 0.1) is 0 Å². The molecule has 1 atom stereocenters. The second kappa shape index (κ2) is 8.16. The van der Waals surface area contributed by atoms with Crippen LogP contribution >= 0.6 is 0 Å². The molecule has 4 nitrogen and oxygen atoms in total. The maximum Gasteiger partial charge on any atom is 0.416 e. The van der Waals surface area contributed by atoms with Crippen molar-refractivity contribution in [2.45, 2.75) is 12.2 Å². The number of hydrogen-bond donors (Lipinski definition) is 1. The van der Waals surface area contributed by atoms with Gasteiger partial charge in [-0.2, -0.15) is 13.2 Å². The van der Waals surface area contributed by atoms with Gasteiger partial charge in [0.1, 0.15) is 0 Å². The Balaban J connectivity index is 1.85. The molecule has 3 rings (SSSR count). The summed E-state index contributed by atoms with van der Waals surface area (Å²) in [6, 6.07) is 10.9. The zero-order valence-electron chi connectivity index (χ0n) is 14.5. The molecule has 7 heteroatoms. The summed E-state index contributed by atoms with van der Waals surface area (Å²) < 4.78 is 38.6. The second-order valence-corrected chi connectivity index (χ2v) is 6.44. The van der Waals surface area contributed by atoms with E-state index >= 15 is 0 Å². The van der Waals surface area contributed by atoms with Crippen molar-refractivity contribution in [3.8, 4) is 0 Å². The third-order valence-electron chi connectivity index (χ3n) is 4.74. The number of alkyl halides is 3. The fraction of sp³-hybridized carbons (Fsp3) is 0.421. The number of aromatic nitrogens is 1. The first-order valence-electron chi connectivity index (χ1n) is 8.73. The van der Waals surface area contributed by atoms with E-state index in [1.165, 1.54) is 0 Å². The van der Waals surface area contributed by atoms with E-state index in [0.29, 0.717) is 6.54 Å². The fourth-order valence-corrected chi connectivity index (χ4v) is 3.39. The van der Waals surface area contributed by atoms with E-state index in [1.54, 1.807) is 18.3 Å². The highest BCUT2D eigenvalue weighted by atomic mass is 19.4. The van der Waals surface area contributed by atoms with Crippen LogP contribution < -0.4 is 5.73 Å². The Kier molecular flexibility index (Phi) is 5.90. The average molecular weight is 364 g/mol. The molecule has 0 amide bonds. The van der Waals surface area contributed by atoms with Gasteiger partial charge in [0.05, 0.1) is 17.3 Å². The molecule has 1 aliphatic rings. The monoisotopic (exact) mass is 364 g/mol. The van der Waals surface area contributed by atoms with Gasteiger partial charge in [0.25, 0.3) is 0 Å². The highest BCUT2D eigenvalue weighted by molar-refractivity contribution is 5.32. The standard InChI is InChI=1S/C19H23F3N4/c20-19(21,22)16-6-4-15(5-7-16)18(17-3-1-2-9-24-17)26-13-11-25(10-8-23)12-14-26/h1-7,9,18H,8,10-14,23H2/t18-/m1/s1. The molecular formula is C19H23F3N4. The molecule has 0 aliphatic carbocycles. The fourth-order valence-electron chi connectivity index (χ4n) is 3.39. The van der Waals surface area contributed by atoms with Crippen LogP contribution in [0.5, 0.6) is 0 Å². The highest BCUT2D eigenvalue weighted by Gasteiger charge is 2.31. The van der Waals surface area contributed by atoms with E-state index in [4.69, 9.17) is 5.73 Å². The van der Waals surface area contributed by atoms with E-state index in [1.807, 2.05) is 18.2 Å². The van der Waals surface area contributed by atoms with E-state index < -0.39 is 11.7 Å². The van der Waals surface area contributed by atoms with Crippen molar-refractivity contribution in [1.29, 1.82) is 0 Å². The molecule has 0 spiro atoms.